The molecule has 5 nitrogen and oxygen atoms in total. The number of carbonyl (C=O) groups is 1. The molecule has 0 atom stereocenters. The van der Waals surface area contributed by atoms with Crippen molar-refractivity contribution >= 4 is 17.0 Å². The fourth-order valence-electron chi connectivity index (χ4n) is 1.78. The van der Waals surface area contributed by atoms with Crippen molar-refractivity contribution in [1.29, 1.82) is 0 Å². The molecule has 2 aromatic rings. The van der Waals surface area contributed by atoms with Gasteiger partial charge in [0.2, 0.25) is 11.8 Å². The molecule has 0 fully saturated rings. The van der Waals surface area contributed by atoms with E-state index in [1.54, 1.807) is 0 Å². The van der Waals surface area contributed by atoms with E-state index in [0.717, 1.165) is 11.1 Å². The van der Waals surface area contributed by atoms with Gasteiger partial charge >= 0.3 is 0 Å². The third kappa shape index (κ3) is 2.87. The lowest BCUT2D eigenvalue weighted by atomic mass is 10.3. The summed E-state index contributed by atoms with van der Waals surface area (Å²) in [5.74, 6) is 0.256. The SMILES string of the molecule is CC(C)N(CC(N)=O)Cc1nc2ccccc2o1. The summed E-state index contributed by atoms with van der Waals surface area (Å²) in [7, 11) is 0. The molecular formula is C13H17N3O2. The Morgan fingerprint density at radius 1 is 1.44 bits per heavy atom. The second-order valence-corrected chi connectivity index (χ2v) is 4.54. The Hall–Kier alpha value is -1.88. The standard InChI is InChI=1S/C13H17N3O2/c1-9(2)16(7-12(14)17)8-13-15-10-5-3-4-6-11(10)18-13/h3-6,9H,7-8H2,1-2H3,(H2,14,17). The maximum atomic E-state index is 11.0. The van der Waals surface area contributed by atoms with Crippen LogP contribution in [0.3, 0.4) is 0 Å². The summed E-state index contributed by atoms with van der Waals surface area (Å²) in [6.07, 6.45) is 0. The Morgan fingerprint density at radius 2 is 2.17 bits per heavy atom. The van der Waals surface area contributed by atoms with E-state index >= 15 is 0 Å². The van der Waals surface area contributed by atoms with Crippen LogP contribution in [0.15, 0.2) is 28.7 Å². The van der Waals surface area contributed by atoms with Gasteiger partial charge in [-0.25, -0.2) is 4.98 Å². The maximum absolute atomic E-state index is 11.0. The van der Waals surface area contributed by atoms with Gasteiger partial charge in [-0.15, -0.1) is 0 Å². The van der Waals surface area contributed by atoms with Crippen LogP contribution in [-0.4, -0.2) is 28.4 Å². The highest BCUT2D eigenvalue weighted by Gasteiger charge is 2.16. The Kier molecular flexibility index (Phi) is 3.62. The first-order valence-corrected chi connectivity index (χ1v) is 5.93. The van der Waals surface area contributed by atoms with Crippen LogP contribution >= 0.6 is 0 Å². The summed E-state index contributed by atoms with van der Waals surface area (Å²) in [5.41, 5.74) is 6.82. The molecule has 0 bridgehead atoms. The number of primary amides is 1. The lowest BCUT2D eigenvalue weighted by Gasteiger charge is -2.22. The molecule has 0 radical (unpaired) electrons. The third-order valence-electron chi connectivity index (χ3n) is 2.77. The second kappa shape index (κ2) is 5.18. The van der Waals surface area contributed by atoms with E-state index in [4.69, 9.17) is 10.2 Å². The molecule has 1 amide bonds. The van der Waals surface area contributed by atoms with E-state index in [1.807, 2.05) is 43.0 Å². The zero-order valence-electron chi connectivity index (χ0n) is 10.6. The molecule has 0 spiro atoms. The van der Waals surface area contributed by atoms with Crippen molar-refractivity contribution < 1.29 is 9.21 Å². The lowest BCUT2D eigenvalue weighted by molar-refractivity contribution is -0.119. The van der Waals surface area contributed by atoms with Crippen LogP contribution in [0.5, 0.6) is 0 Å². The van der Waals surface area contributed by atoms with Crippen molar-refractivity contribution in [3.05, 3.63) is 30.2 Å². The minimum absolute atomic E-state index is 0.201. The molecular weight excluding hydrogens is 230 g/mol. The number of hydrogen-bond acceptors (Lipinski definition) is 4. The number of oxazole rings is 1. The lowest BCUT2D eigenvalue weighted by Crippen LogP contribution is -2.38. The summed E-state index contributed by atoms with van der Waals surface area (Å²) >= 11 is 0. The van der Waals surface area contributed by atoms with Gasteiger partial charge < -0.3 is 10.2 Å². The van der Waals surface area contributed by atoms with E-state index in [1.165, 1.54) is 0 Å². The number of amides is 1. The predicted octanol–water partition coefficient (Wildman–Crippen LogP) is 1.52. The topological polar surface area (TPSA) is 72.4 Å². The van der Waals surface area contributed by atoms with Gasteiger partial charge in [-0.1, -0.05) is 12.1 Å². The molecule has 2 rings (SSSR count). The predicted molar refractivity (Wildman–Crippen MR) is 68.7 cm³/mol. The normalized spacial score (nSPS) is 11.6. The molecule has 0 aliphatic heterocycles. The Bertz CT molecular complexity index is 515. The van der Waals surface area contributed by atoms with E-state index in [9.17, 15) is 4.79 Å². The molecule has 96 valence electrons. The number of hydrogen-bond donors (Lipinski definition) is 1. The van der Waals surface area contributed by atoms with Crippen LogP contribution in [0.1, 0.15) is 19.7 Å². The number of para-hydroxylation sites is 2. The van der Waals surface area contributed by atoms with E-state index in [0.29, 0.717) is 12.4 Å². The monoisotopic (exact) mass is 247 g/mol. The largest absolute Gasteiger partial charge is 0.439 e. The van der Waals surface area contributed by atoms with Gasteiger partial charge in [-0.3, -0.25) is 9.69 Å². The van der Waals surface area contributed by atoms with Gasteiger partial charge in [0, 0.05) is 6.04 Å². The van der Waals surface area contributed by atoms with Crippen LogP contribution in [0.4, 0.5) is 0 Å². The fraction of sp³-hybridized carbons (Fsp3) is 0.385. The molecule has 0 saturated heterocycles. The molecule has 0 saturated carbocycles. The van der Waals surface area contributed by atoms with Gasteiger partial charge in [-0.2, -0.15) is 0 Å². The molecule has 0 unspecified atom stereocenters. The summed E-state index contributed by atoms with van der Waals surface area (Å²) < 4.78 is 5.63. The van der Waals surface area contributed by atoms with Gasteiger partial charge in [-0.05, 0) is 26.0 Å². The molecule has 0 aliphatic rings. The van der Waals surface area contributed by atoms with Crippen molar-refractivity contribution in [3.8, 4) is 0 Å². The first kappa shape index (κ1) is 12.6. The Balaban J connectivity index is 2.17. The molecule has 18 heavy (non-hydrogen) atoms. The van der Waals surface area contributed by atoms with Crippen molar-refractivity contribution in [2.24, 2.45) is 5.73 Å². The number of rotatable bonds is 5. The minimum atomic E-state index is -0.347. The zero-order chi connectivity index (χ0) is 13.1. The van der Waals surface area contributed by atoms with Crippen molar-refractivity contribution in [2.75, 3.05) is 6.54 Å². The van der Waals surface area contributed by atoms with Crippen LogP contribution in [0.25, 0.3) is 11.1 Å². The fourth-order valence-corrected chi connectivity index (χ4v) is 1.78. The maximum Gasteiger partial charge on any atom is 0.231 e. The second-order valence-electron chi connectivity index (χ2n) is 4.54. The molecule has 0 aliphatic carbocycles. The molecule has 1 aromatic carbocycles. The van der Waals surface area contributed by atoms with Gasteiger partial charge in [0.1, 0.15) is 5.52 Å². The van der Waals surface area contributed by atoms with Crippen molar-refractivity contribution in [2.45, 2.75) is 26.4 Å². The molecule has 1 heterocycles. The number of nitrogens with two attached hydrogens (primary N) is 1. The highest BCUT2D eigenvalue weighted by molar-refractivity contribution is 5.76. The van der Waals surface area contributed by atoms with Crippen LogP contribution in [-0.2, 0) is 11.3 Å². The average Bonchev–Trinajstić information content (AvgIpc) is 2.69. The van der Waals surface area contributed by atoms with Gasteiger partial charge in [0.15, 0.2) is 5.58 Å². The molecule has 2 N–H and O–H groups in total. The van der Waals surface area contributed by atoms with Crippen LogP contribution < -0.4 is 5.73 Å². The summed E-state index contributed by atoms with van der Waals surface area (Å²) in [6, 6.07) is 7.79. The number of benzene rings is 1. The van der Waals surface area contributed by atoms with E-state index in [-0.39, 0.29) is 18.5 Å². The highest BCUT2D eigenvalue weighted by atomic mass is 16.3. The highest BCUT2D eigenvalue weighted by Crippen LogP contribution is 2.16. The first-order chi connectivity index (χ1) is 8.56. The number of aromatic nitrogens is 1. The van der Waals surface area contributed by atoms with Crippen molar-refractivity contribution in [1.82, 2.24) is 9.88 Å². The zero-order valence-corrected chi connectivity index (χ0v) is 10.6. The average molecular weight is 247 g/mol. The summed E-state index contributed by atoms with van der Waals surface area (Å²) in [5, 5.41) is 0. The van der Waals surface area contributed by atoms with Gasteiger partial charge in [0.25, 0.3) is 0 Å². The molecule has 5 heteroatoms. The number of fused-ring (bicyclic) bond motifs is 1. The summed E-state index contributed by atoms with van der Waals surface area (Å²) in [4.78, 5) is 17.3. The van der Waals surface area contributed by atoms with Crippen LogP contribution in [0, 0.1) is 0 Å². The quantitative estimate of drug-likeness (QED) is 0.869. The minimum Gasteiger partial charge on any atom is -0.439 e. The van der Waals surface area contributed by atoms with Gasteiger partial charge in [0.05, 0.1) is 13.1 Å². The van der Waals surface area contributed by atoms with Crippen molar-refractivity contribution in [3.63, 3.8) is 0 Å². The first-order valence-electron chi connectivity index (χ1n) is 5.93. The molecule has 1 aromatic heterocycles. The third-order valence-corrected chi connectivity index (χ3v) is 2.77. The summed E-state index contributed by atoms with van der Waals surface area (Å²) in [6.45, 7) is 4.70. The smallest absolute Gasteiger partial charge is 0.231 e. The number of carbonyl (C=O) groups excluding carboxylic acids is 1. The van der Waals surface area contributed by atoms with Crippen LogP contribution in [0.2, 0.25) is 0 Å². The van der Waals surface area contributed by atoms with E-state index in [2.05, 4.69) is 4.98 Å². The Morgan fingerprint density at radius 3 is 2.78 bits per heavy atom. The van der Waals surface area contributed by atoms with E-state index < -0.39 is 0 Å². The Labute approximate surface area is 106 Å². The number of nitrogens with zero attached hydrogens (tertiary/aromatic N) is 2.